The second kappa shape index (κ2) is 8.01. The van der Waals surface area contributed by atoms with E-state index in [0.29, 0.717) is 18.7 Å². The number of carboxylic acids is 1. The van der Waals surface area contributed by atoms with Crippen LogP contribution < -0.4 is 0 Å². The standard InChI is InChI=1S/C18H20N2O5S/c1-26-18-15(16(23)11-4-2-6-19-9-11)13(8-14(21)22)17(24)20(18)10-12-5-3-7-25-12/h2,4,6,9,12,18H,3,5,7-8,10H2,1H3,(H,21,22). The minimum atomic E-state index is -1.14. The topological polar surface area (TPSA) is 96.8 Å². The number of Topliss-reactive ketones (excluding diaryl/α,β-unsaturated/α-hetero) is 1. The summed E-state index contributed by atoms with van der Waals surface area (Å²) in [5.41, 5.74) is 0.649. The number of aromatic nitrogens is 1. The first-order chi connectivity index (χ1) is 12.5. The average molecular weight is 376 g/mol. The summed E-state index contributed by atoms with van der Waals surface area (Å²) >= 11 is 1.35. The van der Waals surface area contributed by atoms with Crippen molar-refractivity contribution in [3.8, 4) is 0 Å². The van der Waals surface area contributed by atoms with Gasteiger partial charge in [-0.2, -0.15) is 0 Å². The predicted molar refractivity (Wildman–Crippen MR) is 95.8 cm³/mol. The fourth-order valence-corrected chi connectivity index (χ4v) is 4.28. The molecule has 0 spiro atoms. The summed E-state index contributed by atoms with van der Waals surface area (Å²) in [6, 6.07) is 3.25. The number of ether oxygens (including phenoxy) is 1. The number of rotatable bonds is 7. The molecule has 2 aliphatic heterocycles. The molecule has 0 radical (unpaired) electrons. The second-order valence-electron chi connectivity index (χ2n) is 6.21. The fraction of sp³-hybridized carbons (Fsp3) is 0.444. The van der Waals surface area contributed by atoms with Gasteiger partial charge >= 0.3 is 5.97 Å². The van der Waals surface area contributed by atoms with Crippen LogP contribution in [-0.2, 0) is 14.3 Å². The molecule has 0 aromatic carbocycles. The summed E-state index contributed by atoms with van der Waals surface area (Å²) in [7, 11) is 0. The van der Waals surface area contributed by atoms with Crippen LogP contribution in [0.2, 0.25) is 0 Å². The van der Waals surface area contributed by atoms with Crippen molar-refractivity contribution >= 4 is 29.4 Å². The molecule has 26 heavy (non-hydrogen) atoms. The molecule has 2 atom stereocenters. The minimum Gasteiger partial charge on any atom is -0.481 e. The number of nitrogens with zero attached hydrogens (tertiary/aromatic N) is 2. The number of hydrogen-bond donors (Lipinski definition) is 1. The van der Waals surface area contributed by atoms with Crippen molar-refractivity contribution in [1.29, 1.82) is 0 Å². The van der Waals surface area contributed by atoms with Gasteiger partial charge in [-0.15, -0.1) is 11.8 Å². The smallest absolute Gasteiger partial charge is 0.308 e. The van der Waals surface area contributed by atoms with E-state index in [1.807, 2.05) is 0 Å². The van der Waals surface area contributed by atoms with E-state index < -0.39 is 23.7 Å². The van der Waals surface area contributed by atoms with Gasteiger partial charge in [0.15, 0.2) is 5.78 Å². The summed E-state index contributed by atoms with van der Waals surface area (Å²) in [4.78, 5) is 42.7. The van der Waals surface area contributed by atoms with Crippen molar-refractivity contribution in [3.05, 3.63) is 41.2 Å². The zero-order valence-corrected chi connectivity index (χ0v) is 15.2. The summed E-state index contributed by atoms with van der Waals surface area (Å²) in [6.07, 6.45) is 6.03. The van der Waals surface area contributed by atoms with E-state index in [0.717, 1.165) is 12.8 Å². The van der Waals surface area contributed by atoms with Crippen LogP contribution in [0.15, 0.2) is 35.7 Å². The van der Waals surface area contributed by atoms with Crippen LogP contribution in [-0.4, -0.2) is 63.5 Å². The van der Waals surface area contributed by atoms with Gasteiger partial charge in [0.05, 0.1) is 12.5 Å². The highest BCUT2D eigenvalue weighted by molar-refractivity contribution is 7.99. The van der Waals surface area contributed by atoms with E-state index in [1.54, 1.807) is 29.5 Å². The van der Waals surface area contributed by atoms with Crippen LogP contribution in [0, 0.1) is 0 Å². The third kappa shape index (κ3) is 3.66. The van der Waals surface area contributed by atoms with Crippen LogP contribution >= 0.6 is 11.8 Å². The van der Waals surface area contributed by atoms with Crippen molar-refractivity contribution in [1.82, 2.24) is 9.88 Å². The Morgan fingerprint density at radius 2 is 2.27 bits per heavy atom. The number of ketones is 1. The highest BCUT2D eigenvalue weighted by Gasteiger charge is 2.43. The summed E-state index contributed by atoms with van der Waals surface area (Å²) in [5, 5.41) is 8.71. The second-order valence-corrected chi connectivity index (χ2v) is 7.13. The first kappa shape index (κ1) is 18.6. The molecule has 0 bridgehead atoms. The van der Waals surface area contributed by atoms with Gasteiger partial charge in [0.1, 0.15) is 5.37 Å². The van der Waals surface area contributed by atoms with Crippen molar-refractivity contribution in [2.45, 2.75) is 30.7 Å². The van der Waals surface area contributed by atoms with E-state index >= 15 is 0 Å². The predicted octanol–water partition coefficient (Wildman–Crippen LogP) is 1.75. The number of carboxylic acid groups (broad SMARTS) is 1. The molecule has 2 unspecified atom stereocenters. The molecule has 0 saturated carbocycles. The highest BCUT2D eigenvalue weighted by Crippen LogP contribution is 2.36. The van der Waals surface area contributed by atoms with Crippen LogP contribution in [0.1, 0.15) is 29.6 Å². The van der Waals surface area contributed by atoms with Gasteiger partial charge in [-0.3, -0.25) is 19.4 Å². The van der Waals surface area contributed by atoms with E-state index in [-0.39, 0.29) is 23.0 Å². The lowest BCUT2D eigenvalue weighted by atomic mass is 9.99. The zero-order chi connectivity index (χ0) is 18.7. The Labute approximate surface area is 155 Å². The van der Waals surface area contributed by atoms with Crippen molar-refractivity contribution < 1.29 is 24.2 Å². The molecule has 1 aromatic heterocycles. The molecule has 1 aromatic rings. The van der Waals surface area contributed by atoms with Gasteiger partial charge in [0.2, 0.25) is 0 Å². The van der Waals surface area contributed by atoms with Crippen LogP contribution in [0.4, 0.5) is 0 Å². The largest absolute Gasteiger partial charge is 0.481 e. The monoisotopic (exact) mass is 376 g/mol. The normalized spacial score (nSPS) is 23.0. The Hall–Kier alpha value is -2.19. The summed E-state index contributed by atoms with van der Waals surface area (Å²) in [6.45, 7) is 1.02. The molecule has 3 heterocycles. The third-order valence-electron chi connectivity index (χ3n) is 4.52. The van der Waals surface area contributed by atoms with E-state index in [2.05, 4.69) is 4.98 Å². The van der Waals surface area contributed by atoms with Gasteiger partial charge in [-0.25, -0.2) is 0 Å². The quantitative estimate of drug-likeness (QED) is 0.724. The van der Waals surface area contributed by atoms with Crippen molar-refractivity contribution in [3.63, 3.8) is 0 Å². The fourth-order valence-electron chi connectivity index (χ4n) is 3.36. The lowest BCUT2D eigenvalue weighted by Crippen LogP contribution is -2.40. The summed E-state index contributed by atoms with van der Waals surface area (Å²) < 4.78 is 5.62. The zero-order valence-electron chi connectivity index (χ0n) is 14.4. The SMILES string of the molecule is CSC1C(C(=O)c2cccnc2)=C(CC(=O)O)C(=O)N1CC1CCCO1. The number of pyridine rings is 1. The molecule has 7 nitrogen and oxygen atoms in total. The highest BCUT2D eigenvalue weighted by atomic mass is 32.2. The number of carbonyl (C=O) groups is 3. The van der Waals surface area contributed by atoms with Crippen molar-refractivity contribution in [2.75, 3.05) is 19.4 Å². The van der Waals surface area contributed by atoms with Gasteiger partial charge in [0.25, 0.3) is 5.91 Å². The molecule has 1 fully saturated rings. The first-order valence-electron chi connectivity index (χ1n) is 8.38. The Kier molecular flexibility index (Phi) is 5.73. The van der Waals surface area contributed by atoms with Gasteiger partial charge < -0.3 is 14.7 Å². The molecule has 138 valence electrons. The van der Waals surface area contributed by atoms with E-state index in [9.17, 15) is 19.5 Å². The Morgan fingerprint density at radius 1 is 1.46 bits per heavy atom. The number of amides is 1. The maximum absolute atomic E-state index is 13.0. The molecule has 3 rings (SSSR count). The minimum absolute atomic E-state index is 0.0590. The van der Waals surface area contributed by atoms with Crippen LogP contribution in [0.5, 0.6) is 0 Å². The summed E-state index contributed by atoms with van der Waals surface area (Å²) in [5.74, 6) is -1.88. The van der Waals surface area contributed by atoms with Gasteiger partial charge in [0, 0.05) is 42.3 Å². The number of thioether (sulfide) groups is 1. The molecule has 2 aliphatic rings. The molecule has 1 saturated heterocycles. The molecule has 1 N–H and O–H groups in total. The average Bonchev–Trinajstić information content (AvgIpc) is 3.23. The molecule has 8 heteroatoms. The maximum Gasteiger partial charge on any atom is 0.308 e. The number of carbonyl (C=O) groups excluding carboxylic acids is 2. The third-order valence-corrected chi connectivity index (χ3v) is 5.45. The van der Waals surface area contributed by atoms with Crippen LogP contribution in [0.25, 0.3) is 0 Å². The molecule has 1 amide bonds. The number of aliphatic carboxylic acids is 1. The first-order valence-corrected chi connectivity index (χ1v) is 9.66. The van der Waals surface area contributed by atoms with Crippen molar-refractivity contribution in [2.24, 2.45) is 0 Å². The Morgan fingerprint density at radius 3 is 2.85 bits per heavy atom. The lowest BCUT2D eigenvalue weighted by Gasteiger charge is -2.27. The molecule has 0 aliphatic carbocycles. The van der Waals surface area contributed by atoms with Gasteiger partial charge in [-0.05, 0) is 31.2 Å². The van der Waals surface area contributed by atoms with E-state index in [1.165, 1.54) is 18.0 Å². The molecular weight excluding hydrogens is 356 g/mol. The van der Waals surface area contributed by atoms with E-state index in [4.69, 9.17) is 4.74 Å². The Balaban J connectivity index is 1.96. The maximum atomic E-state index is 13.0. The lowest BCUT2D eigenvalue weighted by molar-refractivity contribution is -0.137. The van der Waals surface area contributed by atoms with Crippen LogP contribution in [0.3, 0.4) is 0 Å². The number of hydrogen-bond acceptors (Lipinski definition) is 6. The van der Waals surface area contributed by atoms with Gasteiger partial charge in [-0.1, -0.05) is 0 Å². The Bertz CT molecular complexity index is 743. The molecular formula is C18H20N2O5S.